The van der Waals surface area contributed by atoms with E-state index in [1.165, 1.54) is 11.8 Å². The summed E-state index contributed by atoms with van der Waals surface area (Å²) in [6.07, 6.45) is 3.54. The van der Waals surface area contributed by atoms with Gasteiger partial charge < -0.3 is 4.42 Å². The minimum atomic E-state index is -0.0641. The van der Waals surface area contributed by atoms with Crippen molar-refractivity contribution in [3.8, 4) is 0 Å². The van der Waals surface area contributed by atoms with Crippen molar-refractivity contribution in [2.45, 2.75) is 6.54 Å². The molecule has 1 fully saturated rings. The maximum Gasteiger partial charge on any atom is 0.267 e. The lowest BCUT2D eigenvalue weighted by Crippen LogP contribution is -2.28. The van der Waals surface area contributed by atoms with Gasteiger partial charge in [0.15, 0.2) is 5.17 Å². The summed E-state index contributed by atoms with van der Waals surface area (Å²) < 4.78 is 6.54. The van der Waals surface area contributed by atoms with Crippen LogP contribution < -0.4 is 0 Å². The van der Waals surface area contributed by atoms with Crippen LogP contribution in [0, 0.1) is 3.57 Å². The highest BCUT2D eigenvalue weighted by atomic mass is 127. The number of thioether (sulfide) groups is 1. The summed E-state index contributed by atoms with van der Waals surface area (Å²) in [5.74, 6) is 0.658. The van der Waals surface area contributed by atoms with Crippen LogP contribution >= 0.6 is 34.4 Å². The summed E-state index contributed by atoms with van der Waals surface area (Å²) in [5, 5.41) is 0.653. The van der Waals surface area contributed by atoms with Crippen LogP contribution in [-0.4, -0.2) is 16.0 Å². The maximum absolute atomic E-state index is 13.1. The topological polar surface area (TPSA) is 45.8 Å². The van der Waals surface area contributed by atoms with E-state index >= 15 is 0 Å². The molecule has 0 bridgehead atoms. The van der Waals surface area contributed by atoms with Crippen LogP contribution in [0.15, 0.2) is 87.3 Å². The zero-order valence-corrected chi connectivity index (χ0v) is 17.2. The molecule has 0 aliphatic carbocycles. The number of para-hydroxylation sites is 1. The molecular formula is C21H15IN2O2S. The van der Waals surface area contributed by atoms with Gasteiger partial charge in [0.1, 0.15) is 5.76 Å². The summed E-state index contributed by atoms with van der Waals surface area (Å²) in [6.45, 7) is 0.355. The normalized spacial score (nSPS) is 17.2. The Labute approximate surface area is 175 Å². The van der Waals surface area contributed by atoms with Gasteiger partial charge in [-0.1, -0.05) is 36.4 Å². The lowest BCUT2D eigenvalue weighted by molar-refractivity contribution is -0.122. The molecule has 0 atom stereocenters. The molecule has 1 amide bonds. The van der Waals surface area contributed by atoms with Gasteiger partial charge in [-0.15, -0.1) is 0 Å². The molecule has 4 rings (SSSR count). The number of furan rings is 1. The molecule has 1 aliphatic heterocycles. The van der Waals surface area contributed by atoms with E-state index < -0.39 is 0 Å². The first-order valence-electron chi connectivity index (χ1n) is 8.33. The lowest BCUT2D eigenvalue weighted by atomic mass is 10.2. The first kappa shape index (κ1) is 18.1. The van der Waals surface area contributed by atoms with E-state index in [-0.39, 0.29) is 5.91 Å². The second kappa shape index (κ2) is 8.14. The number of benzene rings is 2. The molecule has 1 aliphatic rings. The smallest absolute Gasteiger partial charge is 0.267 e. The molecule has 0 spiro atoms. The largest absolute Gasteiger partial charge is 0.467 e. The van der Waals surface area contributed by atoms with Crippen molar-refractivity contribution in [3.63, 3.8) is 0 Å². The van der Waals surface area contributed by atoms with E-state index in [0.29, 0.717) is 16.6 Å². The van der Waals surface area contributed by atoms with Crippen molar-refractivity contribution < 1.29 is 9.21 Å². The number of amidine groups is 1. The predicted molar refractivity (Wildman–Crippen MR) is 118 cm³/mol. The van der Waals surface area contributed by atoms with Gasteiger partial charge >= 0.3 is 0 Å². The van der Waals surface area contributed by atoms with Crippen LogP contribution in [0.4, 0.5) is 5.69 Å². The number of carbonyl (C=O) groups excluding carboxylic acids is 1. The number of carbonyl (C=O) groups is 1. The number of aliphatic imine (C=N–C) groups is 1. The number of hydrogen-bond acceptors (Lipinski definition) is 4. The van der Waals surface area contributed by atoms with E-state index in [9.17, 15) is 4.79 Å². The Balaban J connectivity index is 1.71. The zero-order valence-electron chi connectivity index (χ0n) is 14.2. The second-order valence-electron chi connectivity index (χ2n) is 5.83. The average Bonchev–Trinajstić information content (AvgIpc) is 3.29. The van der Waals surface area contributed by atoms with Crippen LogP contribution in [0.3, 0.4) is 0 Å². The molecule has 2 aromatic carbocycles. The highest BCUT2D eigenvalue weighted by molar-refractivity contribution is 14.1. The molecule has 27 heavy (non-hydrogen) atoms. The molecule has 6 heteroatoms. The Hall–Kier alpha value is -2.32. The fraction of sp³-hybridized carbons (Fsp3) is 0.0476. The Morgan fingerprint density at radius 3 is 2.56 bits per heavy atom. The third kappa shape index (κ3) is 4.17. The van der Waals surface area contributed by atoms with E-state index in [1.807, 2.05) is 72.8 Å². The van der Waals surface area contributed by atoms with Crippen molar-refractivity contribution in [3.05, 3.63) is 92.8 Å². The van der Waals surface area contributed by atoms with Gasteiger partial charge in [-0.05, 0) is 76.3 Å². The number of rotatable bonds is 4. The Bertz CT molecular complexity index is 1010. The molecule has 0 N–H and O–H groups in total. The van der Waals surface area contributed by atoms with Gasteiger partial charge in [-0.25, -0.2) is 4.99 Å². The maximum atomic E-state index is 13.1. The number of amides is 1. The molecule has 3 aromatic rings. The molecule has 0 unspecified atom stereocenters. The molecule has 0 radical (unpaired) electrons. The first-order valence-corrected chi connectivity index (χ1v) is 10.2. The van der Waals surface area contributed by atoms with Gasteiger partial charge in [0, 0.05) is 3.57 Å². The van der Waals surface area contributed by atoms with Crippen molar-refractivity contribution in [2.24, 2.45) is 4.99 Å². The van der Waals surface area contributed by atoms with E-state index in [4.69, 9.17) is 4.42 Å². The summed E-state index contributed by atoms with van der Waals surface area (Å²) >= 11 is 3.67. The van der Waals surface area contributed by atoms with E-state index in [2.05, 4.69) is 27.6 Å². The third-order valence-corrected chi connectivity index (χ3v) is 5.94. The predicted octanol–water partition coefficient (Wildman–Crippen LogP) is 5.69. The molecule has 1 saturated heterocycles. The van der Waals surface area contributed by atoms with Gasteiger partial charge in [0.2, 0.25) is 0 Å². The fourth-order valence-electron chi connectivity index (χ4n) is 2.64. The fourth-order valence-corrected chi connectivity index (χ4v) is 4.17. The lowest BCUT2D eigenvalue weighted by Gasteiger charge is -2.13. The van der Waals surface area contributed by atoms with Crippen molar-refractivity contribution >= 4 is 57.2 Å². The van der Waals surface area contributed by atoms with Crippen LogP contribution in [0.5, 0.6) is 0 Å². The van der Waals surface area contributed by atoms with E-state index in [0.717, 1.165) is 20.6 Å². The standard InChI is InChI=1S/C21H15IN2O2S/c22-18-11-5-4-7-15(18)13-19-20(25)24(14-17-10-6-12-26-17)21(27-19)23-16-8-2-1-3-9-16/h1-13H,14H2/b19-13-,23-21?. The van der Waals surface area contributed by atoms with Crippen molar-refractivity contribution in [1.82, 2.24) is 4.90 Å². The van der Waals surface area contributed by atoms with Gasteiger partial charge in [-0.2, -0.15) is 0 Å². The molecular weight excluding hydrogens is 471 g/mol. The Morgan fingerprint density at radius 1 is 1.04 bits per heavy atom. The quantitative estimate of drug-likeness (QED) is 0.352. The van der Waals surface area contributed by atoms with E-state index in [1.54, 1.807) is 11.2 Å². The minimum Gasteiger partial charge on any atom is -0.467 e. The molecule has 2 heterocycles. The second-order valence-corrected chi connectivity index (χ2v) is 8.00. The third-order valence-electron chi connectivity index (χ3n) is 3.95. The number of nitrogens with zero attached hydrogens (tertiary/aromatic N) is 2. The van der Waals surface area contributed by atoms with Crippen LogP contribution in [0.1, 0.15) is 11.3 Å². The number of hydrogen-bond donors (Lipinski definition) is 0. The van der Waals surface area contributed by atoms with Crippen LogP contribution in [0.25, 0.3) is 6.08 Å². The van der Waals surface area contributed by atoms with Gasteiger partial charge in [0.05, 0.1) is 23.4 Å². The summed E-state index contributed by atoms with van der Waals surface area (Å²) in [6, 6.07) is 21.3. The van der Waals surface area contributed by atoms with Gasteiger partial charge in [-0.3, -0.25) is 9.69 Å². The van der Waals surface area contributed by atoms with Crippen LogP contribution in [-0.2, 0) is 11.3 Å². The zero-order chi connectivity index (χ0) is 18.6. The highest BCUT2D eigenvalue weighted by Crippen LogP contribution is 2.35. The molecule has 1 aromatic heterocycles. The summed E-state index contributed by atoms with van der Waals surface area (Å²) in [7, 11) is 0. The molecule has 4 nitrogen and oxygen atoms in total. The SMILES string of the molecule is O=C1/C(=C/c2ccccc2I)SC(=Nc2ccccc2)N1Cc1ccco1. The monoisotopic (exact) mass is 486 g/mol. The van der Waals surface area contributed by atoms with Crippen molar-refractivity contribution in [2.75, 3.05) is 0 Å². The number of halogens is 1. The molecule has 134 valence electrons. The summed E-state index contributed by atoms with van der Waals surface area (Å²) in [5.41, 5.74) is 1.83. The first-order chi connectivity index (χ1) is 13.2. The van der Waals surface area contributed by atoms with Crippen molar-refractivity contribution in [1.29, 1.82) is 0 Å². The van der Waals surface area contributed by atoms with Crippen LogP contribution in [0.2, 0.25) is 0 Å². The Morgan fingerprint density at radius 2 is 1.81 bits per heavy atom. The minimum absolute atomic E-state index is 0.0641. The average molecular weight is 486 g/mol. The molecule has 0 saturated carbocycles. The summed E-state index contributed by atoms with van der Waals surface area (Å²) in [4.78, 5) is 20.1. The van der Waals surface area contributed by atoms with Gasteiger partial charge in [0.25, 0.3) is 5.91 Å². The Kier molecular flexibility index (Phi) is 5.45. The highest BCUT2D eigenvalue weighted by Gasteiger charge is 2.34.